The molecule has 4 aliphatic carbocycles. The monoisotopic (exact) mass is 952 g/mol. The van der Waals surface area contributed by atoms with E-state index in [1.165, 1.54) is 141 Å². The van der Waals surface area contributed by atoms with Gasteiger partial charge in [-0.1, -0.05) is 135 Å². The Morgan fingerprint density at radius 1 is 0.676 bits per heavy atom. The van der Waals surface area contributed by atoms with Crippen LogP contribution in [0.3, 0.4) is 0 Å². The first kappa shape index (κ1) is 57.8. The SMILES string of the molecule is CCCCC/C=C\C/C=C\CCCCCCCCOCC(CN1CCCC1C)OCCOCCOCCOCCO[C@H]1CC[C@@]2(C)C(=CC[C@H]3C4CCC([C@H](C)CCCC(C)C)[C@@]4(C)CCC32)C1. The Hall–Kier alpha value is -1.06. The van der Waals surface area contributed by atoms with Crippen molar-refractivity contribution in [2.24, 2.45) is 46.3 Å². The van der Waals surface area contributed by atoms with Gasteiger partial charge in [0.2, 0.25) is 0 Å². The lowest BCUT2D eigenvalue weighted by Gasteiger charge is -2.58. The summed E-state index contributed by atoms with van der Waals surface area (Å²) in [6.07, 6.45) is 45.2. The van der Waals surface area contributed by atoms with Crippen LogP contribution in [0.5, 0.6) is 0 Å². The molecule has 0 aromatic rings. The summed E-state index contributed by atoms with van der Waals surface area (Å²) in [5, 5.41) is 0. The Kier molecular flexibility index (Phi) is 28.0. The summed E-state index contributed by atoms with van der Waals surface area (Å²) in [7, 11) is 0. The quantitative estimate of drug-likeness (QED) is 0.0451. The van der Waals surface area contributed by atoms with Crippen LogP contribution in [0.4, 0.5) is 0 Å². The van der Waals surface area contributed by atoms with Gasteiger partial charge in [-0.25, -0.2) is 0 Å². The third-order valence-electron chi connectivity index (χ3n) is 18.1. The van der Waals surface area contributed by atoms with Crippen molar-refractivity contribution in [3.05, 3.63) is 36.0 Å². The number of unbranched alkanes of at least 4 members (excludes halogenated alkanes) is 9. The zero-order valence-corrected chi connectivity index (χ0v) is 45.6. The van der Waals surface area contributed by atoms with Gasteiger partial charge in [0, 0.05) is 19.2 Å². The van der Waals surface area contributed by atoms with Crippen molar-refractivity contribution in [1.29, 1.82) is 0 Å². The summed E-state index contributed by atoms with van der Waals surface area (Å²) < 4.78 is 36.6. The Morgan fingerprint density at radius 2 is 1.37 bits per heavy atom. The molecule has 1 heterocycles. The van der Waals surface area contributed by atoms with Crippen LogP contribution in [0, 0.1) is 46.3 Å². The summed E-state index contributed by atoms with van der Waals surface area (Å²) in [4.78, 5) is 2.56. The molecule has 0 N–H and O–H groups in total. The standard InChI is InChI=1S/C61H109NO6/c1-8-9-10-11-12-13-14-15-16-17-18-19-20-21-22-23-38-66-49-55(48-62-37-25-28-52(62)5)68-46-44-65-42-40-63-39-41-64-43-45-67-54-33-35-60(6)53(47-54)29-30-56-58-32-31-57(51(4)27-24-26-50(2)3)61(58,7)36-34-59(56)60/h12-13,15-16,29,50-52,54-59H,8-11,14,17-28,30-49H2,1-7H3/b13-12-,16-15-/t51-,52?,54+,55?,56+,57?,58?,59?,60+,61-/m1/s1. The highest BCUT2D eigenvalue weighted by molar-refractivity contribution is 5.25. The van der Waals surface area contributed by atoms with Crippen molar-refractivity contribution >= 4 is 0 Å². The van der Waals surface area contributed by atoms with Gasteiger partial charge in [0.15, 0.2) is 0 Å². The van der Waals surface area contributed by atoms with Crippen LogP contribution in [0.2, 0.25) is 0 Å². The van der Waals surface area contributed by atoms with Gasteiger partial charge in [-0.3, -0.25) is 4.90 Å². The van der Waals surface area contributed by atoms with E-state index >= 15 is 0 Å². The molecular formula is C61H109NO6. The minimum absolute atomic E-state index is 0.0864. The molecule has 7 heteroatoms. The van der Waals surface area contributed by atoms with Crippen molar-refractivity contribution < 1.29 is 28.4 Å². The maximum absolute atomic E-state index is 6.45. The molecule has 0 bridgehead atoms. The molecule has 3 saturated carbocycles. The molecule has 1 aliphatic heterocycles. The van der Waals surface area contributed by atoms with Gasteiger partial charge in [0.1, 0.15) is 0 Å². The lowest BCUT2D eigenvalue weighted by Crippen LogP contribution is -2.51. The molecular weight excluding hydrogens is 843 g/mol. The first-order valence-corrected chi connectivity index (χ1v) is 29.4. The van der Waals surface area contributed by atoms with Crippen LogP contribution in [-0.4, -0.2) is 102 Å². The minimum atomic E-state index is 0.0864. The van der Waals surface area contributed by atoms with E-state index in [2.05, 4.69) is 83.7 Å². The van der Waals surface area contributed by atoms with Crippen LogP contribution in [0.15, 0.2) is 36.0 Å². The van der Waals surface area contributed by atoms with Gasteiger partial charge in [0.05, 0.1) is 71.7 Å². The van der Waals surface area contributed by atoms with Crippen molar-refractivity contribution in [1.82, 2.24) is 4.90 Å². The van der Waals surface area contributed by atoms with Crippen LogP contribution < -0.4 is 0 Å². The fourth-order valence-corrected chi connectivity index (χ4v) is 14.0. The van der Waals surface area contributed by atoms with Crippen LogP contribution in [0.1, 0.15) is 209 Å². The first-order valence-electron chi connectivity index (χ1n) is 29.4. The molecule has 0 aromatic heterocycles. The normalized spacial score (nSPS) is 29.5. The van der Waals surface area contributed by atoms with Crippen molar-refractivity contribution in [2.45, 2.75) is 227 Å². The molecule has 0 radical (unpaired) electrons. The Labute approximate surface area is 420 Å². The van der Waals surface area contributed by atoms with E-state index in [4.69, 9.17) is 28.4 Å². The number of hydrogen-bond donors (Lipinski definition) is 0. The summed E-state index contributed by atoms with van der Waals surface area (Å²) in [5.41, 5.74) is 2.66. The molecule has 0 aromatic carbocycles. The van der Waals surface area contributed by atoms with Crippen molar-refractivity contribution in [2.75, 3.05) is 79.2 Å². The summed E-state index contributed by atoms with van der Waals surface area (Å²) in [6.45, 7) is 25.7. The van der Waals surface area contributed by atoms with Crippen molar-refractivity contribution in [3.63, 3.8) is 0 Å². The summed E-state index contributed by atoms with van der Waals surface area (Å²) >= 11 is 0. The molecule has 5 rings (SSSR count). The maximum Gasteiger partial charge on any atom is 0.0936 e. The van der Waals surface area contributed by atoms with E-state index in [1.807, 2.05) is 0 Å². The van der Waals surface area contributed by atoms with E-state index in [-0.39, 0.29) is 6.10 Å². The van der Waals surface area contributed by atoms with E-state index in [0.29, 0.717) is 82.4 Å². The molecule has 1 saturated heterocycles. The van der Waals surface area contributed by atoms with Gasteiger partial charge in [0.25, 0.3) is 0 Å². The van der Waals surface area contributed by atoms with E-state index in [0.717, 1.165) is 74.5 Å². The maximum atomic E-state index is 6.45. The number of hydrogen-bond acceptors (Lipinski definition) is 7. The second-order valence-corrected chi connectivity index (χ2v) is 23.5. The van der Waals surface area contributed by atoms with Gasteiger partial charge < -0.3 is 28.4 Å². The van der Waals surface area contributed by atoms with E-state index < -0.39 is 0 Å². The highest BCUT2D eigenvalue weighted by Gasteiger charge is 2.59. The van der Waals surface area contributed by atoms with Gasteiger partial charge >= 0.3 is 0 Å². The van der Waals surface area contributed by atoms with Crippen LogP contribution in [-0.2, 0) is 28.4 Å². The average molecular weight is 953 g/mol. The van der Waals surface area contributed by atoms with Gasteiger partial charge in [-0.05, 0) is 163 Å². The predicted molar refractivity (Wildman–Crippen MR) is 285 cm³/mol. The Balaban J connectivity index is 0.839. The highest BCUT2D eigenvalue weighted by Crippen LogP contribution is 2.67. The number of nitrogens with zero attached hydrogens (tertiary/aromatic N) is 1. The Bertz CT molecular complexity index is 1400. The lowest BCUT2D eigenvalue weighted by molar-refractivity contribution is -0.0697. The smallest absolute Gasteiger partial charge is 0.0936 e. The number of likely N-dealkylation sites (tertiary alicyclic amines) is 1. The molecule has 68 heavy (non-hydrogen) atoms. The lowest BCUT2D eigenvalue weighted by atomic mass is 9.47. The molecule has 5 aliphatic rings. The molecule has 0 amide bonds. The largest absolute Gasteiger partial charge is 0.379 e. The number of rotatable bonds is 38. The summed E-state index contributed by atoms with van der Waals surface area (Å²) in [6, 6.07) is 0.627. The van der Waals surface area contributed by atoms with Crippen LogP contribution >= 0.6 is 0 Å². The fourth-order valence-electron chi connectivity index (χ4n) is 14.0. The second-order valence-electron chi connectivity index (χ2n) is 23.5. The molecule has 394 valence electrons. The molecule has 10 atom stereocenters. The third kappa shape index (κ3) is 19.4. The second kappa shape index (κ2) is 32.9. The third-order valence-corrected chi connectivity index (χ3v) is 18.1. The topological polar surface area (TPSA) is 58.6 Å². The van der Waals surface area contributed by atoms with Gasteiger partial charge in [-0.2, -0.15) is 0 Å². The molecule has 4 fully saturated rings. The zero-order valence-electron chi connectivity index (χ0n) is 45.6. The molecule has 7 nitrogen and oxygen atoms in total. The summed E-state index contributed by atoms with van der Waals surface area (Å²) in [5.74, 6) is 5.33. The average Bonchev–Trinajstić information content (AvgIpc) is 3.91. The number of ether oxygens (including phenoxy) is 6. The first-order chi connectivity index (χ1) is 33.2. The molecule has 0 spiro atoms. The van der Waals surface area contributed by atoms with Gasteiger partial charge in [-0.15, -0.1) is 0 Å². The highest BCUT2D eigenvalue weighted by atomic mass is 16.6. The van der Waals surface area contributed by atoms with E-state index in [9.17, 15) is 0 Å². The molecule has 5 unspecified atom stereocenters. The van der Waals surface area contributed by atoms with Crippen molar-refractivity contribution in [3.8, 4) is 0 Å². The minimum Gasteiger partial charge on any atom is -0.379 e. The predicted octanol–water partition coefficient (Wildman–Crippen LogP) is 15.2. The number of allylic oxidation sites excluding steroid dienone is 5. The van der Waals surface area contributed by atoms with E-state index in [1.54, 1.807) is 5.57 Å². The van der Waals surface area contributed by atoms with Crippen LogP contribution in [0.25, 0.3) is 0 Å². The number of fused-ring (bicyclic) bond motifs is 5. The fraction of sp³-hybridized carbons (Fsp3) is 0.902. The zero-order chi connectivity index (χ0) is 48.3. The Morgan fingerprint density at radius 3 is 2.07 bits per heavy atom.